The number of nitriles is 1. The molecule has 0 amide bonds. The number of nitrogens with zero attached hydrogens (tertiary/aromatic N) is 1. The molecule has 1 N–H and O–H groups in total. The minimum Gasteiger partial charge on any atom is -0.496 e. The molecule has 2 aromatic carbocycles. The Morgan fingerprint density at radius 1 is 1.29 bits per heavy atom. The molecule has 0 fully saturated rings. The molecule has 3 nitrogen and oxygen atoms in total. The van der Waals surface area contributed by atoms with Crippen LogP contribution < -0.4 is 10.1 Å². The first-order valence-corrected chi connectivity index (χ1v) is 7.16. The molecule has 2 aromatic rings. The molecule has 1 unspecified atom stereocenters. The first-order chi connectivity index (χ1) is 10.2. The van der Waals surface area contributed by atoms with Gasteiger partial charge in [-0.15, -0.1) is 0 Å². The third-order valence-corrected chi connectivity index (χ3v) is 3.68. The quantitative estimate of drug-likeness (QED) is 0.864. The molecule has 0 aliphatic carbocycles. The van der Waals surface area contributed by atoms with Crippen molar-refractivity contribution in [2.24, 2.45) is 0 Å². The molecule has 1 atom stereocenters. The zero-order chi connectivity index (χ0) is 15.2. The Labute approximate surface area is 130 Å². The van der Waals surface area contributed by atoms with E-state index in [1.54, 1.807) is 25.3 Å². The number of benzene rings is 2. The van der Waals surface area contributed by atoms with Gasteiger partial charge >= 0.3 is 0 Å². The number of hydrogen-bond donors (Lipinski definition) is 1. The van der Waals surface area contributed by atoms with Gasteiger partial charge in [0.25, 0.3) is 0 Å². The van der Waals surface area contributed by atoms with Crippen LogP contribution in [0.25, 0.3) is 0 Å². The largest absolute Gasteiger partial charge is 0.496 e. The predicted octanol–water partition coefficient (Wildman–Crippen LogP) is 4.78. The van der Waals surface area contributed by atoms with Gasteiger partial charge in [0.05, 0.1) is 35.5 Å². The van der Waals surface area contributed by atoms with E-state index in [1.807, 2.05) is 24.3 Å². The van der Waals surface area contributed by atoms with Crippen molar-refractivity contribution in [3.63, 3.8) is 0 Å². The molecule has 0 bridgehead atoms. The molecule has 21 heavy (non-hydrogen) atoms. The number of hydrogen-bond acceptors (Lipinski definition) is 3. The molecule has 0 aromatic heterocycles. The van der Waals surface area contributed by atoms with E-state index >= 15 is 0 Å². The Morgan fingerprint density at radius 2 is 2.05 bits per heavy atom. The Balaban J connectivity index is 2.34. The summed E-state index contributed by atoms with van der Waals surface area (Å²) >= 11 is 6.21. The van der Waals surface area contributed by atoms with Crippen molar-refractivity contribution in [2.75, 3.05) is 12.4 Å². The van der Waals surface area contributed by atoms with Crippen molar-refractivity contribution in [3.8, 4) is 11.8 Å². The van der Waals surface area contributed by atoms with Crippen LogP contribution in [0.1, 0.15) is 30.5 Å². The molecule has 0 heterocycles. The van der Waals surface area contributed by atoms with Gasteiger partial charge in [0.2, 0.25) is 0 Å². The number of rotatable bonds is 5. The maximum Gasteiger partial charge on any atom is 0.124 e. The standard InChI is InChI=1S/C17H17ClN2O/c1-3-15(13-6-4-5-7-17(13)21-2)20-16-10-12(11-19)8-9-14(16)18/h4-10,15,20H,3H2,1-2H3. The van der Waals surface area contributed by atoms with Crippen LogP contribution >= 0.6 is 11.6 Å². The second kappa shape index (κ2) is 7.01. The summed E-state index contributed by atoms with van der Waals surface area (Å²) < 4.78 is 5.42. The summed E-state index contributed by atoms with van der Waals surface area (Å²) in [6.07, 6.45) is 0.869. The van der Waals surface area contributed by atoms with Crippen LogP contribution in [0.15, 0.2) is 42.5 Å². The van der Waals surface area contributed by atoms with E-state index in [1.165, 1.54) is 0 Å². The van der Waals surface area contributed by atoms with E-state index in [0.29, 0.717) is 10.6 Å². The maximum atomic E-state index is 9.00. The van der Waals surface area contributed by atoms with Crippen molar-refractivity contribution in [2.45, 2.75) is 19.4 Å². The molecule has 0 aliphatic rings. The van der Waals surface area contributed by atoms with Gasteiger partial charge < -0.3 is 10.1 Å². The average Bonchev–Trinajstić information content (AvgIpc) is 2.54. The second-order valence-corrected chi connectivity index (χ2v) is 5.06. The van der Waals surface area contributed by atoms with Crippen LogP contribution in [0.3, 0.4) is 0 Å². The third kappa shape index (κ3) is 3.48. The zero-order valence-corrected chi connectivity index (χ0v) is 12.8. The van der Waals surface area contributed by atoms with Crippen molar-refractivity contribution in [1.82, 2.24) is 0 Å². The van der Waals surface area contributed by atoms with Gasteiger partial charge in [-0.1, -0.05) is 36.7 Å². The van der Waals surface area contributed by atoms with Gasteiger partial charge in [-0.2, -0.15) is 5.26 Å². The van der Waals surface area contributed by atoms with Gasteiger partial charge in [-0.3, -0.25) is 0 Å². The lowest BCUT2D eigenvalue weighted by Crippen LogP contribution is -2.11. The number of methoxy groups -OCH3 is 1. The van der Waals surface area contributed by atoms with E-state index in [-0.39, 0.29) is 6.04 Å². The first kappa shape index (κ1) is 15.2. The lowest BCUT2D eigenvalue weighted by Gasteiger charge is -2.21. The normalized spacial score (nSPS) is 11.5. The van der Waals surface area contributed by atoms with E-state index in [2.05, 4.69) is 18.3 Å². The van der Waals surface area contributed by atoms with Crippen molar-refractivity contribution in [1.29, 1.82) is 5.26 Å². The highest BCUT2D eigenvalue weighted by Gasteiger charge is 2.15. The molecule has 0 aliphatic heterocycles. The molecular weight excluding hydrogens is 284 g/mol. The van der Waals surface area contributed by atoms with Gasteiger partial charge in [0.1, 0.15) is 5.75 Å². The summed E-state index contributed by atoms with van der Waals surface area (Å²) in [6, 6.07) is 15.3. The van der Waals surface area contributed by atoms with Gasteiger partial charge in [-0.25, -0.2) is 0 Å². The SMILES string of the molecule is CCC(Nc1cc(C#N)ccc1Cl)c1ccccc1OC. The number of anilines is 1. The molecule has 0 saturated heterocycles. The molecule has 108 valence electrons. The van der Waals surface area contributed by atoms with Crippen LogP contribution in [0.4, 0.5) is 5.69 Å². The van der Waals surface area contributed by atoms with E-state index < -0.39 is 0 Å². The first-order valence-electron chi connectivity index (χ1n) is 6.78. The van der Waals surface area contributed by atoms with E-state index in [4.69, 9.17) is 21.6 Å². The van der Waals surface area contributed by atoms with Crippen LogP contribution in [-0.2, 0) is 0 Å². The molecule has 0 radical (unpaired) electrons. The summed E-state index contributed by atoms with van der Waals surface area (Å²) in [5, 5.41) is 13.0. The van der Waals surface area contributed by atoms with Crippen molar-refractivity contribution in [3.05, 3.63) is 58.6 Å². The number of nitrogens with one attached hydrogen (secondary N) is 1. The average molecular weight is 301 g/mol. The molecular formula is C17H17ClN2O. The summed E-state index contributed by atoms with van der Waals surface area (Å²) in [7, 11) is 1.66. The number of halogens is 1. The molecule has 0 spiro atoms. The van der Waals surface area contributed by atoms with Crippen molar-refractivity contribution < 1.29 is 4.74 Å². The van der Waals surface area contributed by atoms with Crippen LogP contribution in [0.5, 0.6) is 5.75 Å². The fourth-order valence-corrected chi connectivity index (χ4v) is 2.42. The number of para-hydroxylation sites is 1. The fourth-order valence-electron chi connectivity index (χ4n) is 2.25. The summed E-state index contributed by atoms with van der Waals surface area (Å²) in [6.45, 7) is 2.09. The molecule has 4 heteroatoms. The van der Waals surface area contributed by atoms with Gasteiger partial charge in [0.15, 0.2) is 0 Å². The Morgan fingerprint density at radius 3 is 2.71 bits per heavy atom. The smallest absolute Gasteiger partial charge is 0.124 e. The maximum absolute atomic E-state index is 9.00. The van der Waals surface area contributed by atoms with Crippen LogP contribution in [0.2, 0.25) is 5.02 Å². The zero-order valence-electron chi connectivity index (χ0n) is 12.1. The van der Waals surface area contributed by atoms with Gasteiger partial charge in [-0.05, 0) is 30.7 Å². The Bertz CT molecular complexity index is 664. The Hall–Kier alpha value is -2.18. The highest BCUT2D eigenvalue weighted by Crippen LogP contribution is 2.32. The third-order valence-electron chi connectivity index (χ3n) is 3.35. The lowest BCUT2D eigenvalue weighted by atomic mass is 10.0. The minimum atomic E-state index is 0.0626. The molecule has 2 rings (SSSR count). The van der Waals surface area contributed by atoms with E-state index in [0.717, 1.165) is 23.4 Å². The van der Waals surface area contributed by atoms with Crippen molar-refractivity contribution >= 4 is 17.3 Å². The Kier molecular flexibility index (Phi) is 5.08. The summed E-state index contributed by atoms with van der Waals surface area (Å²) in [5.41, 5.74) is 2.41. The topological polar surface area (TPSA) is 45.0 Å². The lowest BCUT2D eigenvalue weighted by molar-refractivity contribution is 0.406. The minimum absolute atomic E-state index is 0.0626. The monoisotopic (exact) mass is 300 g/mol. The highest BCUT2D eigenvalue weighted by molar-refractivity contribution is 6.33. The van der Waals surface area contributed by atoms with Crippen LogP contribution in [-0.4, -0.2) is 7.11 Å². The molecule has 0 saturated carbocycles. The summed E-state index contributed by atoms with van der Waals surface area (Å²) in [4.78, 5) is 0. The van der Waals surface area contributed by atoms with Crippen LogP contribution in [0, 0.1) is 11.3 Å². The predicted molar refractivity (Wildman–Crippen MR) is 85.8 cm³/mol. The van der Waals surface area contributed by atoms with E-state index in [9.17, 15) is 0 Å². The number of ether oxygens (including phenoxy) is 1. The fraction of sp³-hybridized carbons (Fsp3) is 0.235. The van der Waals surface area contributed by atoms with Gasteiger partial charge in [0, 0.05) is 5.56 Å². The highest BCUT2D eigenvalue weighted by atomic mass is 35.5. The summed E-state index contributed by atoms with van der Waals surface area (Å²) in [5.74, 6) is 0.837. The second-order valence-electron chi connectivity index (χ2n) is 4.65.